The number of sulfonamides is 1. The molecule has 3 rings (SSSR count). The van der Waals surface area contributed by atoms with E-state index in [9.17, 15) is 26.0 Å². The molecule has 0 aromatic heterocycles. The van der Waals surface area contributed by atoms with Crippen LogP contribution in [0.4, 0.5) is 10.1 Å². The Hall–Kier alpha value is -2.70. The summed E-state index contributed by atoms with van der Waals surface area (Å²) in [4.78, 5) is 16.6. The predicted octanol–water partition coefficient (Wildman–Crippen LogP) is 2.52. The zero-order valence-corrected chi connectivity index (χ0v) is 22.7. The van der Waals surface area contributed by atoms with E-state index >= 15 is 0 Å². The Morgan fingerprint density at radius 1 is 1.00 bits per heavy atom. The molecule has 1 heterocycles. The highest BCUT2D eigenvalue weighted by atomic mass is 32.2. The second-order valence-electron chi connectivity index (χ2n) is 9.88. The molecule has 0 saturated carbocycles. The molecule has 1 saturated heterocycles. The second kappa shape index (κ2) is 10.3. The van der Waals surface area contributed by atoms with E-state index in [1.54, 1.807) is 9.80 Å². The van der Waals surface area contributed by atoms with Gasteiger partial charge in [0.05, 0.1) is 27.6 Å². The number of piperazine rings is 1. The zero-order chi connectivity index (χ0) is 26.9. The van der Waals surface area contributed by atoms with Gasteiger partial charge in [0, 0.05) is 32.4 Å². The van der Waals surface area contributed by atoms with Crippen LogP contribution in [0.5, 0.6) is 5.75 Å². The van der Waals surface area contributed by atoms with Crippen molar-refractivity contribution in [1.82, 2.24) is 9.62 Å². The molecule has 1 N–H and O–H groups in total. The summed E-state index contributed by atoms with van der Waals surface area (Å²) in [6.07, 6.45) is 1.02. The number of nitrogens with one attached hydrogen (secondary N) is 1. The van der Waals surface area contributed by atoms with E-state index in [1.807, 2.05) is 20.8 Å². The van der Waals surface area contributed by atoms with Crippen LogP contribution in [0, 0.1) is 11.2 Å². The van der Waals surface area contributed by atoms with E-state index in [0.717, 1.165) is 12.3 Å². The SMILES string of the molecule is CNS(=O)(=O)c1ccc(OCC(C)(C)C)c(C(=O)N2CCN(c3ccc(S(C)(=O)=O)cc3F)CC2)c1. The van der Waals surface area contributed by atoms with Crippen molar-refractivity contribution in [3.63, 3.8) is 0 Å². The minimum atomic E-state index is -3.78. The smallest absolute Gasteiger partial charge is 0.257 e. The van der Waals surface area contributed by atoms with E-state index in [4.69, 9.17) is 4.74 Å². The monoisotopic (exact) mass is 541 g/mol. The van der Waals surface area contributed by atoms with Gasteiger partial charge in [0.2, 0.25) is 10.0 Å². The average Bonchev–Trinajstić information content (AvgIpc) is 2.81. The van der Waals surface area contributed by atoms with Crippen molar-refractivity contribution in [2.45, 2.75) is 30.6 Å². The maximum absolute atomic E-state index is 14.6. The first kappa shape index (κ1) is 27.9. The molecule has 2 aromatic rings. The van der Waals surface area contributed by atoms with Crippen LogP contribution in [0.25, 0.3) is 0 Å². The highest BCUT2D eigenvalue weighted by Gasteiger charge is 2.28. The van der Waals surface area contributed by atoms with Gasteiger partial charge in [-0.25, -0.2) is 25.9 Å². The molecule has 0 atom stereocenters. The van der Waals surface area contributed by atoms with Crippen LogP contribution >= 0.6 is 0 Å². The molecule has 0 radical (unpaired) electrons. The molecule has 2 aromatic carbocycles. The van der Waals surface area contributed by atoms with Crippen LogP contribution < -0.4 is 14.4 Å². The molecule has 0 bridgehead atoms. The number of hydrogen-bond acceptors (Lipinski definition) is 7. The number of hydrogen-bond donors (Lipinski definition) is 1. The number of sulfone groups is 1. The van der Waals surface area contributed by atoms with E-state index < -0.39 is 25.7 Å². The molecule has 0 unspecified atom stereocenters. The Morgan fingerprint density at radius 3 is 2.14 bits per heavy atom. The van der Waals surface area contributed by atoms with Gasteiger partial charge in [-0.1, -0.05) is 20.8 Å². The third-order valence-corrected chi connectivity index (χ3v) is 8.20. The number of ether oxygens (including phenoxy) is 1. The lowest BCUT2D eigenvalue weighted by Crippen LogP contribution is -2.49. The van der Waals surface area contributed by atoms with E-state index in [1.165, 1.54) is 37.4 Å². The van der Waals surface area contributed by atoms with Gasteiger partial charge in [-0.3, -0.25) is 4.79 Å². The number of nitrogens with zero attached hydrogens (tertiary/aromatic N) is 2. The average molecular weight is 542 g/mol. The molecule has 12 heteroatoms. The first-order chi connectivity index (χ1) is 16.6. The fraction of sp³-hybridized carbons (Fsp3) is 0.458. The van der Waals surface area contributed by atoms with Crippen molar-refractivity contribution in [3.05, 3.63) is 47.8 Å². The lowest BCUT2D eigenvalue weighted by molar-refractivity contribution is 0.0739. The Morgan fingerprint density at radius 2 is 1.61 bits per heavy atom. The van der Waals surface area contributed by atoms with Crippen molar-refractivity contribution in [3.8, 4) is 5.75 Å². The van der Waals surface area contributed by atoms with Crippen LogP contribution in [0.2, 0.25) is 0 Å². The van der Waals surface area contributed by atoms with Crippen molar-refractivity contribution in [2.75, 3.05) is 51.0 Å². The highest BCUT2D eigenvalue weighted by molar-refractivity contribution is 7.90. The zero-order valence-electron chi connectivity index (χ0n) is 21.0. The molecule has 1 amide bonds. The second-order valence-corrected chi connectivity index (χ2v) is 13.8. The first-order valence-corrected chi connectivity index (χ1v) is 14.7. The Labute approximate surface area is 212 Å². The van der Waals surface area contributed by atoms with Gasteiger partial charge < -0.3 is 14.5 Å². The maximum atomic E-state index is 14.6. The number of benzene rings is 2. The van der Waals surface area contributed by atoms with Gasteiger partial charge in [0.25, 0.3) is 5.91 Å². The minimum Gasteiger partial charge on any atom is -0.492 e. The standard InChI is InChI=1S/C24H32FN3O6S2/c1-24(2,3)16-34-22-9-7-18(36(32,33)26-4)14-19(22)23(29)28-12-10-27(11-13-28)21-8-6-17(15-20(21)25)35(5,30)31/h6-9,14-15,26H,10-13,16H2,1-5H3. The summed E-state index contributed by atoms with van der Waals surface area (Å²) in [5, 5.41) is 0. The molecular weight excluding hydrogens is 509 g/mol. The molecule has 0 spiro atoms. The number of carbonyl (C=O) groups is 1. The van der Waals surface area contributed by atoms with Gasteiger partial charge >= 0.3 is 0 Å². The third-order valence-electron chi connectivity index (χ3n) is 5.68. The fourth-order valence-electron chi connectivity index (χ4n) is 3.68. The van der Waals surface area contributed by atoms with Crippen LogP contribution in [0.1, 0.15) is 31.1 Å². The Balaban J connectivity index is 1.82. The van der Waals surface area contributed by atoms with Crippen LogP contribution in [-0.2, 0) is 19.9 Å². The third kappa shape index (κ3) is 6.54. The van der Waals surface area contributed by atoms with E-state index in [-0.39, 0.29) is 51.2 Å². The van der Waals surface area contributed by atoms with Crippen molar-refractivity contribution in [2.24, 2.45) is 5.41 Å². The summed E-state index contributed by atoms with van der Waals surface area (Å²) in [6.45, 7) is 7.41. The summed E-state index contributed by atoms with van der Waals surface area (Å²) in [6, 6.07) is 7.96. The molecule has 1 aliphatic heterocycles. The molecular formula is C24H32FN3O6S2. The summed E-state index contributed by atoms with van der Waals surface area (Å²) in [7, 11) is -6.01. The first-order valence-electron chi connectivity index (χ1n) is 11.4. The number of rotatable bonds is 7. The molecule has 1 fully saturated rings. The van der Waals surface area contributed by atoms with Gasteiger partial charge in [-0.15, -0.1) is 0 Å². The van der Waals surface area contributed by atoms with Crippen molar-refractivity contribution >= 4 is 31.5 Å². The number of carbonyl (C=O) groups excluding carboxylic acids is 1. The molecule has 9 nitrogen and oxygen atoms in total. The Kier molecular flexibility index (Phi) is 8.01. The lowest BCUT2D eigenvalue weighted by Gasteiger charge is -2.36. The number of anilines is 1. The van der Waals surface area contributed by atoms with Crippen LogP contribution in [0.3, 0.4) is 0 Å². The largest absolute Gasteiger partial charge is 0.492 e. The highest BCUT2D eigenvalue weighted by Crippen LogP contribution is 2.28. The summed E-state index contributed by atoms with van der Waals surface area (Å²) in [5.74, 6) is -0.755. The van der Waals surface area contributed by atoms with Crippen molar-refractivity contribution < 1.29 is 30.8 Å². The number of amides is 1. The maximum Gasteiger partial charge on any atom is 0.257 e. The predicted molar refractivity (Wildman–Crippen MR) is 135 cm³/mol. The van der Waals surface area contributed by atoms with Gasteiger partial charge in [0.1, 0.15) is 11.6 Å². The minimum absolute atomic E-state index is 0.0527. The van der Waals surface area contributed by atoms with E-state index in [0.29, 0.717) is 19.7 Å². The summed E-state index contributed by atoms with van der Waals surface area (Å²) < 4.78 is 70.8. The molecule has 0 aliphatic carbocycles. The topological polar surface area (TPSA) is 113 Å². The summed E-state index contributed by atoms with van der Waals surface area (Å²) in [5.41, 5.74) is 0.205. The fourth-order valence-corrected chi connectivity index (χ4v) is 5.07. The van der Waals surface area contributed by atoms with Gasteiger partial charge in [-0.2, -0.15) is 0 Å². The quantitative estimate of drug-likeness (QED) is 0.573. The van der Waals surface area contributed by atoms with Gasteiger partial charge in [-0.05, 0) is 48.9 Å². The lowest BCUT2D eigenvalue weighted by atomic mass is 9.98. The summed E-state index contributed by atoms with van der Waals surface area (Å²) >= 11 is 0. The van der Waals surface area contributed by atoms with Crippen molar-refractivity contribution in [1.29, 1.82) is 0 Å². The van der Waals surface area contributed by atoms with Crippen LogP contribution in [-0.4, -0.2) is 73.7 Å². The van der Waals surface area contributed by atoms with Crippen LogP contribution in [0.15, 0.2) is 46.2 Å². The molecule has 1 aliphatic rings. The Bertz CT molecular complexity index is 1350. The molecule has 198 valence electrons. The normalized spacial score (nSPS) is 15.2. The number of halogens is 1. The van der Waals surface area contributed by atoms with E-state index in [2.05, 4.69) is 4.72 Å². The molecule has 36 heavy (non-hydrogen) atoms. The van der Waals surface area contributed by atoms with Gasteiger partial charge in [0.15, 0.2) is 9.84 Å².